The fraction of sp³-hybridized carbons (Fsp3) is 0.0417. The van der Waals surface area contributed by atoms with Gasteiger partial charge in [0.25, 0.3) is 11.5 Å². The number of hydrazine groups is 1. The van der Waals surface area contributed by atoms with Crippen molar-refractivity contribution < 1.29 is 14.4 Å². The Kier molecular flexibility index (Phi) is 5.94. The highest BCUT2D eigenvalue weighted by molar-refractivity contribution is 6.10. The van der Waals surface area contributed by atoms with E-state index in [-0.39, 0.29) is 11.5 Å². The van der Waals surface area contributed by atoms with Crippen LogP contribution in [0, 0.1) is 6.92 Å². The smallest absolute Gasteiger partial charge is 0.307 e. The predicted octanol–water partition coefficient (Wildman–Crippen LogP) is 2.93. The molecule has 9 heteroatoms. The Hall–Kier alpha value is -4.79. The number of nitrogens with one attached hydrogen (secondary N) is 4. The number of carbonyl (C=O) groups excluding carboxylic acids is 3. The van der Waals surface area contributed by atoms with Gasteiger partial charge < -0.3 is 5.32 Å². The van der Waals surface area contributed by atoms with Crippen molar-refractivity contribution in [3.8, 4) is 0 Å². The van der Waals surface area contributed by atoms with Crippen LogP contribution in [-0.4, -0.2) is 27.9 Å². The van der Waals surface area contributed by atoms with Crippen molar-refractivity contribution in [2.75, 3.05) is 5.32 Å². The van der Waals surface area contributed by atoms with Gasteiger partial charge in [0.2, 0.25) is 0 Å². The first-order chi connectivity index (χ1) is 15.9. The van der Waals surface area contributed by atoms with Crippen molar-refractivity contribution in [3.05, 3.63) is 106 Å². The Bertz CT molecular complexity index is 1430. The lowest BCUT2D eigenvalue weighted by Gasteiger charge is -2.12. The number of carbonyl (C=O) groups is 3. The standard InChI is InChI=1S/C24H19N5O4/c1-14-11-12-16(13-19(14)21(30)15-7-3-2-4-8-15)25-24(33)29-28-23(32)20-17-9-5-6-10-18(17)22(31)27-26-20/h2-13H,1H3,(H,27,31)(H,28,32)(H2,25,29,33). The highest BCUT2D eigenvalue weighted by Crippen LogP contribution is 2.19. The third kappa shape index (κ3) is 4.62. The zero-order valence-corrected chi connectivity index (χ0v) is 17.5. The molecule has 0 aliphatic carbocycles. The Morgan fingerprint density at radius 3 is 2.30 bits per heavy atom. The van der Waals surface area contributed by atoms with Gasteiger partial charge in [-0.25, -0.2) is 15.3 Å². The van der Waals surface area contributed by atoms with E-state index in [0.717, 1.165) is 5.56 Å². The number of aromatic amines is 1. The molecule has 0 atom stereocenters. The molecule has 4 N–H and O–H groups in total. The van der Waals surface area contributed by atoms with Gasteiger partial charge in [-0.1, -0.05) is 54.6 Å². The van der Waals surface area contributed by atoms with Gasteiger partial charge in [-0.2, -0.15) is 5.10 Å². The molecule has 164 valence electrons. The molecule has 0 radical (unpaired) electrons. The number of benzene rings is 3. The van der Waals surface area contributed by atoms with Crippen LogP contribution in [0.15, 0.2) is 77.6 Å². The van der Waals surface area contributed by atoms with E-state index in [2.05, 4.69) is 26.4 Å². The molecule has 4 rings (SSSR count). The van der Waals surface area contributed by atoms with E-state index in [0.29, 0.717) is 27.6 Å². The Morgan fingerprint density at radius 1 is 0.848 bits per heavy atom. The minimum Gasteiger partial charge on any atom is -0.307 e. The largest absolute Gasteiger partial charge is 0.337 e. The monoisotopic (exact) mass is 441 g/mol. The van der Waals surface area contributed by atoms with E-state index in [4.69, 9.17) is 0 Å². The van der Waals surface area contributed by atoms with E-state index in [1.807, 2.05) is 13.0 Å². The summed E-state index contributed by atoms with van der Waals surface area (Å²) in [6.45, 7) is 1.81. The lowest BCUT2D eigenvalue weighted by molar-refractivity contribution is 0.0933. The maximum atomic E-state index is 12.8. The summed E-state index contributed by atoms with van der Waals surface area (Å²) in [6.07, 6.45) is 0. The first-order valence-electron chi connectivity index (χ1n) is 9.99. The number of anilines is 1. The van der Waals surface area contributed by atoms with Crippen molar-refractivity contribution in [1.82, 2.24) is 21.0 Å². The third-order valence-corrected chi connectivity index (χ3v) is 4.98. The molecule has 0 aliphatic heterocycles. The number of rotatable bonds is 4. The SMILES string of the molecule is Cc1ccc(NC(=O)NNC(=O)c2n[nH]c(=O)c3ccccc23)cc1C(=O)c1ccccc1. The van der Waals surface area contributed by atoms with E-state index >= 15 is 0 Å². The summed E-state index contributed by atoms with van der Waals surface area (Å²) in [6, 6.07) is 19.5. The zero-order chi connectivity index (χ0) is 23.4. The van der Waals surface area contributed by atoms with Crippen LogP contribution in [0.5, 0.6) is 0 Å². The first kappa shape index (κ1) is 21.4. The number of ketones is 1. The molecule has 3 aromatic carbocycles. The number of aryl methyl sites for hydroxylation is 1. The number of urea groups is 1. The second kappa shape index (κ2) is 9.15. The molecule has 1 aromatic heterocycles. The van der Waals surface area contributed by atoms with Crippen molar-refractivity contribution >= 4 is 34.2 Å². The van der Waals surface area contributed by atoms with Crippen LogP contribution < -0.4 is 21.7 Å². The molecule has 0 aliphatic rings. The van der Waals surface area contributed by atoms with Crippen LogP contribution in [0.1, 0.15) is 32.0 Å². The van der Waals surface area contributed by atoms with E-state index in [1.165, 1.54) is 0 Å². The van der Waals surface area contributed by atoms with E-state index < -0.39 is 17.5 Å². The molecule has 0 saturated carbocycles. The maximum Gasteiger partial charge on any atom is 0.337 e. The zero-order valence-electron chi connectivity index (χ0n) is 17.5. The molecule has 9 nitrogen and oxygen atoms in total. The van der Waals surface area contributed by atoms with Gasteiger partial charge >= 0.3 is 6.03 Å². The van der Waals surface area contributed by atoms with E-state index in [9.17, 15) is 19.2 Å². The number of aromatic nitrogens is 2. The van der Waals surface area contributed by atoms with Crippen LogP contribution in [-0.2, 0) is 0 Å². The summed E-state index contributed by atoms with van der Waals surface area (Å²) in [5, 5.41) is 9.27. The Labute approximate surface area is 187 Å². The number of hydrogen-bond donors (Lipinski definition) is 4. The summed E-state index contributed by atoms with van der Waals surface area (Å²) in [7, 11) is 0. The molecule has 3 amide bonds. The topological polar surface area (TPSA) is 133 Å². The summed E-state index contributed by atoms with van der Waals surface area (Å²) in [5.74, 6) is -0.872. The first-order valence-corrected chi connectivity index (χ1v) is 9.99. The van der Waals surface area contributed by atoms with Crippen LogP contribution in [0.2, 0.25) is 0 Å². The highest BCUT2D eigenvalue weighted by atomic mass is 16.2. The highest BCUT2D eigenvalue weighted by Gasteiger charge is 2.16. The molecule has 0 unspecified atom stereocenters. The lowest BCUT2D eigenvalue weighted by Crippen LogP contribution is -2.44. The van der Waals surface area contributed by atoms with Crippen LogP contribution >= 0.6 is 0 Å². The second-order valence-electron chi connectivity index (χ2n) is 7.21. The van der Waals surface area contributed by atoms with Crippen molar-refractivity contribution in [3.63, 3.8) is 0 Å². The predicted molar refractivity (Wildman–Crippen MR) is 123 cm³/mol. The Balaban J connectivity index is 1.45. The number of amides is 3. The van der Waals surface area contributed by atoms with Crippen molar-refractivity contribution in [2.24, 2.45) is 0 Å². The van der Waals surface area contributed by atoms with Gasteiger partial charge in [-0.3, -0.25) is 19.8 Å². The van der Waals surface area contributed by atoms with Gasteiger partial charge in [0.05, 0.1) is 5.39 Å². The minimum atomic E-state index is -0.723. The fourth-order valence-electron chi connectivity index (χ4n) is 3.31. The molecule has 0 bridgehead atoms. The third-order valence-electron chi connectivity index (χ3n) is 4.98. The molecule has 1 heterocycles. The van der Waals surface area contributed by atoms with Crippen LogP contribution in [0.3, 0.4) is 0 Å². The van der Waals surface area contributed by atoms with E-state index in [1.54, 1.807) is 66.7 Å². The van der Waals surface area contributed by atoms with Gasteiger partial charge in [-0.15, -0.1) is 0 Å². The fourth-order valence-corrected chi connectivity index (χ4v) is 3.31. The average Bonchev–Trinajstić information content (AvgIpc) is 2.84. The molecular weight excluding hydrogens is 422 g/mol. The van der Waals surface area contributed by atoms with Crippen molar-refractivity contribution in [1.29, 1.82) is 0 Å². The molecule has 4 aromatic rings. The van der Waals surface area contributed by atoms with Crippen molar-refractivity contribution in [2.45, 2.75) is 6.92 Å². The number of H-pyrrole nitrogens is 1. The van der Waals surface area contributed by atoms with Gasteiger partial charge in [0.15, 0.2) is 11.5 Å². The number of hydrogen-bond acceptors (Lipinski definition) is 5. The summed E-state index contributed by atoms with van der Waals surface area (Å²) in [5.41, 5.74) is 6.15. The maximum absolute atomic E-state index is 12.8. The lowest BCUT2D eigenvalue weighted by atomic mass is 9.98. The minimum absolute atomic E-state index is 0.0448. The molecular formula is C24H19N5O4. The van der Waals surface area contributed by atoms with Crippen LogP contribution in [0.25, 0.3) is 10.8 Å². The van der Waals surface area contributed by atoms with Gasteiger partial charge in [0, 0.05) is 22.2 Å². The second-order valence-corrected chi connectivity index (χ2v) is 7.21. The van der Waals surface area contributed by atoms with Gasteiger partial charge in [-0.05, 0) is 30.7 Å². The summed E-state index contributed by atoms with van der Waals surface area (Å²) < 4.78 is 0. The molecule has 0 spiro atoms. The number of fused-ring (bicyclic) bond motifs is 1. The molecule has 0 fully saturated rings. The van der Waals surface area contributed by atoms with Gasteiger partial charge in [0.1, 0.15) is 0 Å². The number of nitrogens with zero attached hydrogens (tertiary/aromatic N) is 1. The van der Waals surface area contributed by atoms with Crippen LogP contribution in [0.4, 0.5) is 10.5 Å². The summed E-state index contributed by atoms with van der Waals surface area (Å²) in [4.78, 5) is 49.4. The molecule has 0 saturated heterocycles. The Morgan fingerprint density at radius 2 is 1.55 bits per heavy atom. The molecule has 33 heavy (non-hydrogen) atoms. The average molecular weight is 441 g/mol. The summed E-state index contributed by atoms with van der Waals surface area (Å²) >= 11 is 0. The quantitative estimate of drug-likeness (QED) is 0.285. The normalized spacial score (nSPS) is 10.5.